The molecule has 6 nitrogen and oxygen atoms in total. The number of aromatic nitrogens is 1. The van der Waals surface area contributed by atoms with E-state index >= 15 is 0 Å². The molecule has 0 radical (unpaired) electrons. The molecule has 0 spiro atoms. The molecule has 0 saturated heterocycles. The number of likely N-dealkylation sites (N-methyl/N-ethyl adjacent to an activating group) is 1. The minimum atomic E-state index is -1.55. The van der Waals surface area contributed by atoms with Crippen molar-refractivity contribution in [3.8, 4) is 0 Å². The summed E-state index contributed by atoms with van der Waals surface area (Å²) >= 11 is 0. The molecule has 15 heavy (non-hydrogen) atoms. The zero-order valence-electron chi connectivity index (χ0n) is 8.12. The minimum Gasteiger partial charge on any atom is -0.480 e. The molecule has 1 aromatic rings. The summed E-state index contributed by atoms with van der Waals surface area (Å²) < 4.78 is 0. The Bertz CT molecular complexity index is 366. The van der Waals surface area contributed by atoms with Crippen LogP contribution in [0.15, 0.2) is 24.5 Å². The van der Waals surface area contributed by atoms with Gasteiger partial charge in [0, 0.05) is 13.2 Å². The van der Waals surface area contributed by atoms with Crippen LogP contribution in [0.4, 0.5) is 5.69 Å². The van der Waals surface area contributed by atoms with Gasteiger partial charge in [0.15, 0.2) is 6.04 Å². The minimum absolute atomic E-state index is 0.499. The number of amides is 1. The highest BCUT2D eigenvalue weighted by molar-refractivity contribution is 6.08. The Labute approximate surface area is 86.3 Å². The lowest BCUT2D eigenvalue weighted by Crippen LogP contribution is -2.46. The molecule has 6 heteroatoms. The Hall–Kier alpha value is -1.95. The molecule has 0 aliphatic rings. The van der Waals surface area contributed by atoms with Crippen molar-refractivity contribution in [2.24, 2.45) is 5.73 Å². The maximum Gasteiger partial charge on any atom is 0.330 e. The molecule has 0 aromatic carbocycles. The number of carbonyl (C=O) groups excluding carboxylic acids is 1. The summed E-state index contributed by atoms with van der Waals surface area (Å²) in [5, 5.41) is 8.56. The van der Waals surface area contributed by atoms with Crippen LogP contribution in [0.3, 0.4) is 0 Å². The first-order valence-electron chi connectivity index (χ1n) is 4.20. The van der Waals surface area contributed by atoms with Gasteiger partial charge in [-0.1, -0.05) is 0 Å². The SMILES string of the molecule is CN(C(=O)C(N)C(=O)O)c1cccnc1. The summed E-state index contributed by atoms with van der Waals surface area (Å²) in [4.78, 5) is 26.9. The van der Waals surface area contributed by atoms with E-state index in [9.17, 15) is 9.59 Å². The summed E-state index contributed by atoms with van der Waals surface area (Å²) in [7, 11) is 1.45. The predicted molar refractivity (Wildman–Crippen MR) is 53.3 cm³/mol. The van der Waals surface area contributed by atoms with Gasteiger partial charge in [-0.2, -0.15) is 0 Å². The zero-order chi connectivity index (χ0) is 11.4. The van der Waals surface area contributed by atoms with Crippen molar-refractivity contribution >= 4 is 17.6 Å². The van der Waals surface area contributed by atoms with E-state index in [-0.39, 0.29) is 0 Å². The second kappa shape index (κ2) is 4.52. The van der Waals surface area contributed by atoms with E-state index in [0.717, 1.165) is 4.90 Å². The number of anilines is 1. The first kappa shape index (κ1) is 11.1. The number of hydrogen-bond donors (Lipinski definition) is 2. The van der Waals surface area contributed by atoms with Crippen molar-refractivity contribution in [3.05, 3.63) is 24.5 Å². The van der Waals surface area contributed by atoms with Crippen molar-refractivity contribution in [1.82, 2.24) is 4.98 Å². The quantitative estimate of drug-likeness (QED) is 0.651. The first-order valence-corrected chi connectivity index (χ1v) is 4.20. The molecule has 1 rings (SSSR count). The van der Waals surface area contributed by atoms with E-state index in [2.05, 4.69) is 4.98 Å². The van der Waals surface area contributed by atoms with Crippen molar-refractivity contribution in [3.63, 3.8) is 0 Å². The van der Waals surface area contributed by atoms with Crippen LogP contribution in [0.1, 0.15) is 0 Å². The largest absolute Gasteiger partial charge is 0.480 e. The highest BCUT2D eigenvalue weighted by Crippen LogP contribution is 2.09. The second-order valence-electron chi connectivity index (χ2n) is 2.92. The molecular formula is C9H11N3O3. The molecule has 0 saturated carbocycles. The Morgan fingerprint density at radius 2 is 2.27 bits per heavy atom. The van der Waals surface area contributed by atoms with Crippen LogP contribution < -0.4 is 10.6 Å². The smallest absolute Gasteiger partial charge is 0.330 e. The molecule has 1 aromatic heterocycles. The van der Waals surface area contributed by atoms with Gasteiger partial charge in [-0.25, -0.2) is 4.79 Å². The van der Waals surface area contributed by atoms with E-state index in [0.29, 0.717) is 5.69 Å². The first-order chi connectivity index (χ1) is 7.04. The number of pyridine rings is 1. The van der Waals surface area contributed by atoms with Crippen molar-refractivity contribution in [1.29, 1.82) is 0 Å². The Kier molecular flexibility index (Phi) is 3.35. The Morgan fingerprint density at radius 1 is 1.60 bits per heavy atom. The third-order valence-corrected chi connectivity index (χ3v) is 1.90. The highest BCUT2D eigenvalue weighted by Gasteiger charge is 2.25. The molecular weight excluding hydrogens is 198 g/mol. The molecule has 3 N–H and O–H groups in total. The second-order valence-corrected chi connectivity index (χ2v) is 2.92. The van der Waals surface area contributed by atoms with Crippen LogP contribution in [-0.4, -0.2) is 35.1 Å². The number of carboxylic acids is 1. The standard InChI is InChI=1S/C9H11N3O3/c1-12(6-3-2-4-11-5-6)8(13)7(10)9(14)15/h2-5,7H,10H2,1H3,(H,14,15). The fraction of sp³-hybridized carbons (Fsp3) is 0.222. The topological polar surface area (TPSA) is 96.5 Å². The van der Waals surface area contributed by atoms with Gasteiger partial charge in [0.1, 0.15) is 0 Å². The summed E-state index contributed by atoms with van der Waals surface area (Å²) in [5.41, 5.74) is 5.69. The maximum atomic E-state index is 11.5. The number of carboxylic acid groups (broad SMARTS) is 1. The summed E-state index contributed by atoms with van der Waals surface area (Å²) in [6.45, 7) is 0. The third kappa shape index (κ3) is 2.50. The van der Waals surface area contributed by atoms with Crippen LogP contribution in [0.5, 0.6) is 0 Å². The third-order valence-electron chi connectivity index (χ3n) is 1.90. The van der Waals surface area contributed by atoms with E-state index in [4.69, 9.17) is 10.8 Å². The van der Waals surface area contributed by atoms with Gasteiger partial charge in [0.05, 0.1) is 11.9 Å². The van der Waals surface area contributed by atoms with Gasteiger partial charge < -0.3 is 15.7 Å². The predicted octanol–water partition coefficient (Wildman–Crippen LogP) is -0.544. The normalized spacial score (nSPS) is 11.9. The van der Waals surface area contributed by atoms with Gasteiger partial charge >= 0.3 is 5.97 Å². The summed E-state index contributed by atoms with van der Waals surface area (Å²) in [6.07, 6.45) is 3.01. The van der Waals surface area contributed by atoms with Crippen LogP contribution in [-0.2, 0) is 9.59 Å². The number of rotatable bonds is 3. The number of aliphatic carboxylic acids is 1. The van der Waals surface area contributed by atoms with Gasteiger partial charge in [0.2, 0.25) is 0 Å². The lowest BCUT2D eigenvalue weighted by molar-refractivity contribution is -0.142. The number of nitrogens with two attached hydrogens (primary N) is 1. The number of carbonyl (C=O) groups is 2. The van der Waals surface area contributed by atoms with Crippen molar-refractivity contribution < 1.29 is 14.7 Å². The molecule has 0 bridgehead atoms. The van der Waals surface area contributed by atoms with Crippen molar-refractivity contribution in [2.75, 3.05) is 11.9 Å². The molecule has 80 valence electrons. The van der Waals surface area contributed by atoms with Crippen LogP contribution in [0.2, 0.25) is 0 Å². The van der Waals surface area contributed by atoms with E-state index in [1.807, 2.05) is 0 Å². The zero-order valence-corrected chi connectivity index (χ0v) is 8.12. The van der Waals surface area contributed by atoms with E-state index in [1.54, 1.807) is 18.3 Å². The monoisotopic (exact) mass is 209 g/mol. The van der Waals surface area contributed by atoms with Crippen molar-refractivity contribution in [2.45, 2.75) is 6.04 Å². The molecule has 1 amide bonds. The summed E-state index contributed by atoms with van der Waals surface area (Å²) in [6, 6.07) is 1.74. The number of hydrogen-bond acceptors (Lipinski definition) is 4. The maximum absolute atomic E-state index is 11.5. The fourth-order valence-corrected chi connectivity index (χ4v) is 0.994. The van der Waals surface area contributed by atoms with E-state index < -0.39 is 17.9 Å². The lowest BCUT2D eigenvalue weighted by atomic mass is 10.2. The highest BCUT2D eigenvalue weighted by atomic mass is 16.4. The van der Waals surface area contributed by atoms with Gasteiger partial charge in [-0.3, -0.25) is 9.78 Å². The Balaban J connectivity index is 2.82. The molecule has 1 heterocycles. The number of nitrogens with zero attached hydrogens (tertiary/aromatic N) is 2. The molecule has 1 unspecified atom stereocenters. The lowest BCUT2D eigenvalue weighted by Gasteiger charge is -2.18. The average molecular weight is 209 g/mol. The molecule has 1 atom stereocenters. The summed E-state index contributed by atoms with van der Waals surface area (Å²) in [5.74, 6) is -2.04. The van der Waals surface area contributed by atoms with Crippen LogP contribution >= 0.6 is 0 Å². The average Bonchev–Trinajstić information content (AvgIpc) is 2.27. The molecule has 0 fully saturated rings. The van der Waals surface area contributed by atoms with Gasteiger partial charge in [-0.15, -0.1) is 0 Å². The van der Waals surface area contributed by atoms with E-state index in [1.165, 1.54) is 13.2 Å². The van der Waals surface area contributed by atoms with Gasteiger partial charge in [0.25, 0.3) is 5.91 Å². The Morgan fingerprint density at radius 3 is 2.73 bits per heavy atom. The van der Waals surface area contributed by atoms with Gasteiger partial charge in [-0.05, 0) is 12.1 Å². The molecule has 0 aliphatic carbocycles. The fourth-order valence-electron chi connectivity index (χ4n) is 0.994. The van der Waals surface area contributed by atoms with Crippen LogP contribution in [0, 0.1) is 0 Å². The van der Waals surface area contributed by atoms with Crippen LogP contribution in [0.25, 0.3) is 0 Å². The molecule has 0 aliphatic heterocycles.